The van der Waals surface area contributed by atoms with Gasteiger partial charge in [-0.05, 0) is 68.7 Å². The minimum atomic E-state index is 1.02. The maximum Gasteiger partial charge on any atom is 0.0709 e. The highest BCUT2D eigenvalue weighted by Crippen LogP contribution is 2.26. The van der Waals surface area contributed by atoms with Gasteiger partial charge in [-0.3, -0.25) is 0 Å². The predicted molar refractivity (Wildman–Crippen MR) is 94.1 cm³/mol. The zero-order valence-electron chi connectivity index (χ0n) is 13.6. The molecule has 110 valence electrons. The summed E-state index contributed by atoms with van der Waals surface area (Å²) in [4.78, 5) is 4.85. The minimum Gasteiger partial charge on any atom is -0.248 e. The number of pyridine rings is 1. The van der Waals surface area contributed by atoms with Crippen molar-refractivity contribution in [2.24, 2.45) is 0 Å². The second kappa shape index (κ2) is 5.76. The lowest BCUT2D eigenvalue weighted by Gasteiger charge is -2.10. The Kier molecular flexibility index (Phi) is 3.81. The van der Waals surface area contributed by atoms with E-state index in [0.29, 0.717) is 0 Å². The monoisotopic (exact) mass is 287 g/mol. The summed E-state index contributed by atoms with van der Waals surface area (Å²) >= 11 is 0. The second-order valence-electron chi connectivity index (χ2n) is 6.01. The average molecular weight is 287 g/mol. The van der Waals surface area contributed by atoms with Gasteiger partial charge >= 0.3 is 0 Å². The zero-order chi connectivity index (χ0) is 15.7. The highest BCUT2D eigenvalue weighted by Gasteiger charge is 2.06. The third-order valence-electron chi connectivity index (χ3n) is 4.32. The lowest BCUT2D eigenvalue weighted by Crippen LogP contribution is -1.92. The molecule has 1 aromatic heterocycles. The molecule has 2 aromatic carbocycles. The number of nitrogens with zero attached hydrogens (tertiary/aromatic N) is 1. The summed E-state index contributed by atoms with van der Waals surface area (Å²) < 4.78 is 0. The van der Waals surface area contributed by atoms with E-state index in [4.69, 9.17) is 4.98 Å². The molecule has 1 nitrogen and oxygen atoms in total. The van der Waals surface area contributed by atoms with Crippen molar-refractivity contribution in [2.45, 2.75) is 27.7 Å². The van der Waals surface area contributed by atoms with Gasteiger partial charge in [0.25, 0.3) is 0 Å². The van der Waals surface area contributed by atoms with Gasteiger partial charge in [0, 0.05) is 11.1 Å². The van der Waals surface area contributed by atoms with Gasteiger partial charge in [-0.1, -0.05) is 35.9 Å². The van der Waals surface area contributed by atoms with Crippen LogP contribution >= 0.6 is 0 Å². The molecule has 0 radical (unpaired) electrons. The van der Waals surface area contributed by atoms with Gasteiger partial charge in [0.15, 0.2) is 0 Å². The molecule has 1 heteroatoms. The van der Waals surface area contributed by atoms with E-state index in [9.17, 15) is 0 Å². The largest absolute Gasteiger partial charge is 0.248 e. The third kappa shape index (κ3) is 2.80. The van der Waals surface area contributed by atoms with Crippen molar-refractivity contribution in [3.8, 4) is 22.5 Å². The summed E-state index contributed by atoms with van der Waals surface area (Å²) in [6, 6.07) is 19.2. The van der Waals surface area contributed by atoms with Crippen molar-refractivity contribution >= 4 is 0 Å². The Hall–Kier alpha value is -2.41. The number of benzene rings is 2. The Bertz CT molecular complexity index is 791. The van der Waals surface area contributed by atoms with Crippen molar-refractivity contribution in [1.29, 1.82) is 0 Å². The topological polar surface area (TPSA) is 12.9 Å². The van der Waals surface area contributed by atoms with E-state index in [0.717, 1.165) is 17.0 Å². The fourth-order valence-electron chi connectivity index (χ4n) is 2.66. The molecule has 0 aliphatic heterocycles. The number of hydrogen-bond donors (Lipinski definition) is 0. The van der Waals surface area contributed by atoms with E-state index in [-0.39, 0.29) is 0 Å². The second-order valence-corrected chi connectivity index (χ2v) is 6.01. The van der Waals surface area contributed by atoms with Gasteiger partial charge < -0.3 is 0 Å². The highest BCUT2D eigenvalue weighted by atomic mass is 14.7. The van der Waals surface area contributed by atoms with E-state index in [1.54, 1.807) is 0 Å². The summed E-state index contributed by atoms with van der Waals surface area (Å²) in [6.45, 7) is 8.60. The summed E-state index contributed by atoms with van der Waals surface area (Å²) in [5, 5.41) is 0. The van der Waals surface area contributed by atoms with Crippen LogP contribution in [-0.2, 0) is 0 Å². The fourth-order valence-corrected chi connectivity index (χ4v) is 2.66. The van der Waals surface area contributed by atoms with Crippen molar-refractivity contribution < 1.29 is 0 Å². The Morgan fingerprint density at radius 1 is 0.636 bits per heavy atom. The zero-order valence-corrected chi connectivity index (χ0v) is 13.6. The van der Waals surface area contributed by atoms with Gasteiger partial charge in [0.1, 0.15) is 0 Å². The maximum atomic E-state index is 4.85. The van der Waals surface area contributed by atoms with Crippen LogP contribution in [0.15, 0.2) is 54.6 Å². The lowest BCUT2D eigenvalue weighted by atomic mass is 9.98. The van der Waals surface area contributed by atoms with Crippen LogP contribution in [0.2, 0.25) is 0 Å². The molecular formula is C21H21N. The summed E-state index contributed by atoms with van der Waals surface area (Å²) in [5.74, 6) is 0. The molecule has 0 atom stereocenters. The van der Waals surface area contributed by atoms with Crippen molar-refractivity contribution in [3.05, 3.63) is 76.9 Å². The molecule has 1 heterocycles. The molecule has 3 rings (SSSR count). The molecule has 22 heavy (non-hydrogen) atoms. The van der Waals surface area contributed by atoms with Crippen molar-refractivity contribution in [3.63, 3.8) is 0 Å². The first-order chi connectivity index (χ1) is 10.5. The molecule has 0 bridgehead atoms. The number of hydrogen-bond acceptors (Lipinski definition) is 1. The molecule has 0 aliphatic carbocycles. The molecule has 0 unspecified atom stereocenters. The summed E-state index contributed by atoms with van der Waals surface area (Å²) in [7, 11) is 0. The van der Waals surface area contributed by atoms with Crippen LogP contribution in [0.5, 0.6) is 0 Å². The minimum absolute atomic E-state index is 1.02. The molecule has 0 N–H and O–H groups in total. The molecule has 0 saturated heterocycles. The molecule has 0 aliphatic rings. The lowest BCUT2D eigenvalue weighted by molar-refractivity contribution is 1.25. The van der Waals surface area contributed by atoms with Crippen LogP contribution in [0.1, 0.15) is 22.3 Å². The van der Waals surface area contributed by atoms with E-state index in [1.807, 2.05) is 0 Å². The van der Waals surface area contributed by atoms with Gasteiger partial charge in [0.2, 0.25) is 0 Å². The maximum absolute atomic E-state index is 4.85. The molecule has 0 saturated carbocycles. The van der Waals surface area contributed by atoms with E-state index in [1.165, 1.54) is 27.8 Å². The Balaban J connectivity index is 2.06. The Morgan fingerprint density at radius 3 is 1.77 bits per heavy atom. The van der Waals surface area contributed by atoms with Crippen LogP contribution in [0.3, 0.4) is 0 Å². The average Bonchev–Trinajstić information content (AvgIpc) is 2.53. The number of aromatic nitrogens is 1. The number of rotatable bonds is 2. The standard InChI is InChI=1S/C21H21N/c1-14-8-10-18(11-9-14)20-6-5-7-21(22-20)19-12-15(2)17(4)16(3)13-19/h5-13H,1-4H3. The van der Waals surface area contributed by atoms with Gasteiger partial charge in [-0.25, -0.2) is 4.98 Å². The molecule has 0 spiro atoms. The van der Waals surface area contributed by atoms with Crippen molar-refractivity contribution in [1.82, 2.24) is 4.98 Å². The molecule has 3 aromatic rings. The van der Waals surface area contributed by atoms with Gasteiger partial charge in [-0.15, -0.1) is 0 Å². The van der Waals surface area contributed by atoms with Crippen LogP contribution in [0, 0.1) is 27.7 Å². The Morgan fingerprint density at radius 2 is 1.18 bits per heavy atom. The van der Waals surface area contributed by atoms with E-state index in [2.05, 4.69) is 82.3 Å². The molecule has 0 amide bonds. The third-order valence-corrected chi connectivity index (χ3v) is 4.32. The Labute approximate surface area is 132 Å². The van der Waals surface area contributed by atoms with Crippen molar-refractivity contribution in [2.75, 3.05) is 0 Å². The molecule has 0 fully saturated rings. The SMILES string of the molecule is Cc1ccc(-c2cccc(-c3cc(C)c(C)c(C)c3)n2)cc1. The van der Waals surface area contributed by atoms with Crippen LogP contribution < -0.4 is 0 Å². The van der Waals surface area contributed by atoms with E-state index < -0.39 is 0 Å². The van der Waals surface area contributed by atoms with Gasteiger partial charge in [-0.2, -0.15) is 0 Å². The first-order valence-electron chi connectivity index (χ1n) is 7.67. The molecular weight excluding hydrogens is 266 g/mol. The quantitative estimate of drug-likeness (QED) is 0.593. The first-order valence-corrected chi connectivity index (χ1v) is 7.67. The fraction of sp³-hybridized carbons (Fsp3) is 0.190. The smallest absolute Gasteiger partial charge is 0.0709 e. The van der Waals surface area contributed by atoms with E-state index >= 15 is 0 Å². The van der Waals surface area contributed by atoms with Crippen LogP contribution in [-0.4, -0.2) is 4.98 Å². The highest BCUT2D eigenvalue weighted by molar-refractivity contribution is 5.67. The number of aryl methyl sites for hydroxylation is 3. The summed E-state index contributed by atoms with van der Waals surface area (Å²) in [6.07, 6.45) is 0. The first kappa shape index (κ1) is 14.5. The normalized spacial score (nSPS) is 10.7. The van der Waals surface area contributed by atoms with Crippen LogP contribution in [0.4, 0.5) is 0 Å². The van der Waals surface area contributed by atoms with Crippen LogP contribution in [0.25, 0.3) is 22.5 Å². The van der Waals surface area contributed by atoms with Gasteiger partial charge in [0.05, 0.1) is 11.4 Å². The predicted octanol–water partition coefficient (Wildman–Crippen LogP) is 5.65. The summed E-state index contributed by atoms with van der Waals surface area (Å²) in [5.41, 5.74) is 9.67.